The Bertz CT molecular complexity index is 911. The van der Waals surface area contributed by atoms with Gasteiger partial charge in [-0.2, -0.15) is 0 Å². The summed E-state index contributed by atoms with van der Waals surface area (Å²) in [6.07, 6.45) is 4.25. The van der Waals surface area contributed by atoms with E-state index in [-0.39, 0.29) is 5.91 Å². The maximum Gasteiger partial charge on any atom is 0.218 e. The normalized spacial score (nSPS) is 15.5. The van der Waals surface area contributed by atoms with E-state index in [1.807, 2.05) is 18.5 Å². The Labute approximate surface area is 152 Å². The highest BCUT2D eigenvalue weighted by Gasteiger charge is 2.21. The van der Waals surface area contributed by atoms with Gasteiger partial charge in [0, 0.05) is 68.0 Å². The maximum absolute atomic E-state index is 11.0. The van der Waals surface area contributed by atoms with Crippen molar-refractivity contribution in [1.29, 1.82) is 0 Å². The van der Waals surface area contributed by atoms with Crippen LogP contribution in [0.1, 0.15) is 6.42 Å². The number of hydrogen-bond donors (Lipinski definition) is 2. The molecule has 3 N–H and O–H groups in total. The third-order valence-electron chi connectivity index (χ3n) is 5.02. The fourth-order valence-corrected chi connectivity index (χ4v) is 3.63. The van der Waals surface area contributed by atoms with Crippen molar-refractivity contribution in [2.45, 2.75) is 6.42 Å². The van der Waals surface area contributed by atoms with E-state index in [9.17, 15) is 4.79 Å². The van der Waals surface area contributed by atoms with Gasteiger partial charge in [-0.3, -0.25) is 14.7 Å². The molecule has 0 bridgehead atoms. The maximum atomic E-state index is 11.0. The van der Waals surface area contributed by atoms with Crippen LogP contribution in [0, 0.1) is 0 Å². The van der Waals surface area contributed by atoms with E-state index in [1.54, 1.807) is 0 Å². The lowest BCUT2D eigenvalue weighted by Gasteiger charge is -2.36. The topological polar surface area (TPSA) is 78.2 Å². The molecule has 3 heterocycles. The number of carbonyl (C=O) groups excluding carboxylic acids is 1. The van der Waals surface area contributed by atoms with Crippen molar-refractivity contribution in [2.24, 2.45) is 5.73 Å². The molecule has 0 saturated carbocycles. The highest BCUT2D eigenvalue weighted by atomic mass is 16.1. The van der Waals surface area contributed by atoms with Crippen LogP contribution in [0.4, 0.5) is 5.69 Å². The third kappa shape index (κ3) is 3.28. The van der Waals surface area contributed by atoms with Crippen molar-refractivity contribution in [3.05, 3.63) is 48.8 Å². The molecule has 1 saturated heterocycles. The van der Waals surface area contributed by atoms with Gasteiger partial charge in [-0.25, -0.2) is 0 Å². The first kappa shape index (κ1) is 16.6. The van der Waals surface area contributed by atoms with Crippen molar-refractivity contribution in [2.75, 3.05) is 37.6 Å². The Morgan fingerprint density at radius 3 is 2.77 bits per heavy atom. The molecule has 2 aromatic heterocycles. The smallest absolute Gasteiger partial charge is 0.218 e. The molecule has 6 heteroatoms. The van der Waals surface area contributed by atoms with Gasteiger partial charge in [0.05, 0.1) is 11.4 Å². The van der Waals surface area contributed by atoms with Gasteiger partial charge < -0.3 is 15.6 Å². The van der Waals surface area contributed by atoms with Gasteiger partial charge in [0.15, 0.2) is 0 Å². The standard InChI is InChI=1S/C20H23N5O/c21-19(26)7-10-24-11-13-25(14-12-24)18-5-2-8-23-20(18)16-3-1-4-17-15(16)6-9-22-17/h1-6,8-9,22H,7,10-14H2,(H2,21,26). The second kappa shape index (κ2) is 7.17. The van der Waals surface area contributed by atoms with Crippen LogP contribution < -0.4 is 10.6 Å². The minimum atomic E-state index is -0.235. The molecule has 0 radical (unpaired) electrons. The Hall–Kier alpha value is -2.86. The zero-order chi connectivity index (χ0) is 17.9. The summed E-state index contributed by atoms with van der Waals surface area (Å²) in [5.74, 6) is -0.235. The number of anilines is 1. The van der Waals surface area contributed by atoms with Crippen LogP contribution in [0.15, 0.2) is 48.8 Å². The van der Waals surface area contributed by atoms with Crippen LogP contribution in [-0.4, -0.2) is 53.5 Å². The molecule has 0 aliphatic carbocycles. The summed E-state index contributed by atoms with van der Waals surface area (Å²) < 4.78 is 0. The molecule has 1 aliphatic rings. The van der Waals surface area contributed by atoms with Crippen LogP contribution in [0.25, 0.3) is 22.2 Å². The van der Waals surface area contributed by atoms with Crippen LogP contribution in [0.2, 0.25) is 0 Å². The Kier molecular flexibility index (Phi) is 4.58. The van der Waals surface area contributed by atoms with Gasteiger partial charge in [-0.15, -0.1) is 0 Å². The van der Waals surface area contributed by atoms with Gasteiger partial charge >= 0.3 is 0 Å². The molecule has 3 aromatic rings. The summed E-state index contributed by atoms with van der Waals surface area (Å²) in [5.41, 5.74) is 9.71. The van der Waals surface area contributed by atoms with Crippen molar-refractivity contribution in [1.82, 2.24) is 14.9 Å². The van der Waals surface area contributed by atoms with E-state index in [2.05, 4.69) is 45.1 Å². The number of amides is 1. The second-order valence-electron chi connectivity index (χ2n) is 6.66. The number of aromatic amines is 1. The zero-order valence-corrected chi connectivity index (χ0v) is 14.7. The minimum Gasteiger partial charge on any atom is -0.370 e. The lowest BCUT2D eigenvalue weighted by Crippen LogP contribution is -2.47. The number of benzene rings is 1. The number of nitrogens with two attached hydrogens (primary N) is 1. The number of H-pyrrole nitrogens is 1. The summed E-state index contributed by atoms with van der Waals surface area (Å²) >= 11 is 0. The van der Waals surface area contributed by atoms with E-state index in [0.29, 0.717) is 6.42 Å². The Morgan fingerprint density at radius 2 is 1.96 bits per heavy atom. The summed E-state index contributed by atoms with van der Waals surface area (Å²) in [6.45, 7) is 4.43. The van der Waals surface area contributed by atoms with E-state index < -0.39 is 0 Å². The Morgan fingerprint density at radius 1 is 1.12 bits per heavy atom. The van der Waals surface area contributed by atoms with Gasteiger partial charge in [0.1, 0.15) is 0 Å². The average molecular weight is 349 g/mol. The summed E-state index contributed by atoms with van der Waals surface area (Å²) in [4.78, 5) is 23.6. The summed E-state index contributed by atoms with van der Waals surface area (Å²) in [7, 11) is 0. The second-order valence-corrected chi connectivity index (χ2v) is 6.66. The number of nitrogens with zero attached hydrogens (tertiary/aromatic N) is 3. The molecule has 1 aromatic carbocycles. The molecule has 6 nitrogen and oxygen atoms in total. The molecule has 0 atom stereocenters. The van der Waals surface area contributed by atoms with Crippen molar-refractivity contribution in [3.63, 3.8) is 0 Å². The van der Waals surface area contributed by atoms with E-state index in [1.165, 1.54) is 5.39 Å². The number of rotatable bonds is 5. The number of pyridine rings is 1. The predicted molar refractivity (Wildman–Crippen MR) is 104 cm³/mol. The monoisotopic (exact) mass is 349 g/mol. The quantitative estimate of drug-likeness (QED) is 0.740. The number of fused-ring (bicyclic) bond motifs is 1. The van der Waals surface area contributed by atoms with Crippen LogP contribution in [0.3, 0.4) is 0 Å². The molecule has 1 aliphatic heterocycles. The van der Waals surface area contributed by atoms with Gasteiger partial charge in [0.25, 0.3) is 0 Å². The average Bonchev–Trinajstić information content (AvgIpc) is 3.16. The first-order valence-corrected chi connectivity index (χ1v) is 8.99. The molecule has 134 valence electrons. The molecular formula is C20H23N5O. The number of aromatic nitrogens is 2. The highest BCUT2D eigenvalue weighted by Crippen LogP contribution is 2.33. The Balaban J connectivity index is 1.58. The molecule has 1 amide bonds. The van der Waals surface area contributed by atoms with Gasteiger partial charge in [-0.1, -0.05) is 12.1 Å². The van der Waals surface area contributed by atoms with Crippen LogP contribution >= 0.6 is 0 Å². The molecule has 0 unspecified atom stereocenters. The number of hydrogen-bond acceptors (Lipinski definition) is 4. The molecule has 4 rings (SSSR count). The molecular weight excluding hydrogens is 326 g/mol. The lowest BCUT2D eigenvalue weighted by atomic mass is 10.0. The molecule has 0 spiro atoms. The third-order valence-corrected chi connectivity index (χ3v) is 5.02. The highest BCUT2D eigenvalue weighted by molar-refractivity contribution is 5.97. The van der Waals surface area contributed by atoms with E-state index in [4.69, 9.17) is 10.7 Å². The van der Waals surface area contributed by atoms with Gasteiger partial charge in [0.2, 0.25) is 5.91 Å². The van der Waals surface area contributed by atoms with Crippen molar-refractivity contribution >= 4 is 22.5 Å². The largest absolute Gasteiger partial charge is 0.370 e. The fourth-order valence-electron chi connectivity index (χ4n) is 3.63. The van der Waals surface area contributed by atoms with Crippen LogP contribution in [0.5, 0.6) is 0 Å². The zero-order valence-electron chi connectivity index (χ0n) is 14.7. The lowest BCUT2D eigenvalue weighted by molar-refractivity contribution is -0.118. The number of primary amides is 1. The fraction of sp³-hybridized carbons (Fsp3) is 0.300. The molecule has 26 heavy (non-hydrogen) atoms. The predicted octanol–water partition coefficient (Wildman–Crippen LogP) is 2.23. The molecule has 1 fully saturated rings. The number of nitrogens with one attached hydrogen (secondary N) is 1. The van der Waals surface area contributed by atoms with Crippen molar-refractivity contribution < 1.29 is 4.79 Å². The first-order chi connectivity index (χ1) is 12.7. The van der Waals surface area contributed by atoms with E-state index >= 15 is 0 Å². The summed E-state index contributed by atoms with van der Waals surface area (Å²) in [5, 5.41) is 1.19. The number of piperazine rings is 1. The van der Waals surface area contributed by atoms with E-state index in [0.717, 1.165) is 55.2 Å². The minimum absolute atomic E-state index is 0.235. The first-order valence-electron chi connectivity index (χ1n) is 8.99. The summed E-state index contributed by atoms with van der Waals surface area (Å²) in [6, 6.07) is 12.5. The number of carbonyl (C=O) groups is 1. The van der Waals surface area contributed by atoms with Gasteiger partial charge in [-0.05, 0) is 24.3 Å². The SMILES string of the molecule is NC(=O)CCN1CCN(c2cccnc2-c2cccc3[nH]ccc23)CC1. The van der Waals surface area contributed by atoms with Crippen molar-refractivity contribution in [3.8, 4) is 11.3 Å². The van der Waals surface area contributed by atoms with Crippen LogP contribution in [-0.2, 0) is 4.79 Å².